The maximum atomic E-state index is 5.41. The Kier molecular flexibility index (Phi) is 43.4. The Morgan fingerprint density at radius 1 is 0.333 bits per heavy atom. The molecule has 0 amide bonds. The third kappa shape index (κ3) is 44.6. The molecule has 0 aliphatic heterocycles. The number of ether oxygens (including phenoxy) is 3. The van der Waals surface area contributed by atoms with Crippen LogP contribution < -0.4 is 0 Å². The van der Waals surface area contributed by atoms with E-state index in [2.05, 4.69) is 52.0 Å². The van der Waals surface area contributed by atoms with E-state index in [0.29, 0.717) is 13.6 Å². The van der Waals surface area contributed by atoms with Gasteiger partial charge in [0.25, 0.3) is 0 Å². The summed E-state index contributed by atoms with van der Waals surface area (Å²) < 4.78 is 16.1. The summed E-state index contributed by atoms with van der Waals surface area (Å²) in [5.41, 5.74) is 0. The molecule has 0 N–H and O–H groups in total. The van der Waals surface area contributed by atoms with Crippen molar-refractivity contribution in [2.24, 2.45) is 0 Å². The molecule has 0 unspecified atom stereocenters. The minimum Gasteiger partial charge on any atom is -0.355 e. The molecule has 0 bridgehead atoms. The first-order valence-electron chi connectivity index (χ1n) is 17.4. The number of hydrogen-bond acceptors (Lipinski definition) is 3. The van der Waals surface area contributed by atoms with E-state index in [4.69, 9.17) is 14.2 Å². The van der Waals surface area contributed by atoms with Crippen LogP contribution in [0.2, 0.25) is 0 Å². The van der Waals surface area contributed by atoms with Crippen molar-refractivity contribution in [3.8, 4) is 0 Å². The van der Waals surface area contributed by atoms with Crippen LogP contribution >= 0.6 is 0 Å². The van der Waals surface area contributed by atoms with Crippen LogP contribution in [0.3, 0.4) is 0 Å². The van der Waals surface area contributed by atoms with E-state index >= 15 is 0 Å². The van der Waals surface area contributed by atoms with Crippen molar-refractivity contribution >= 4 is 0 Å². The zero-order valence-electron chi connectivity index (χ0n) is 27.3. The summed E-state index contributed by atoms with van der Waals surface area (Å²) in [5.74, 6) is 0. The van der Waals surface area contributed by atoms with Crippen LogP contribution in [-0.4, -0.2) is 26.8 Å². The van der Waals surface area contributed by atoms with Crippen molar-refractivity contribution in [2.45, 2.75) is 182 Å². The highest BCUT2D eigenvalue weighted by Gasteiger charge is 1.94. The van der Waals surface area contributed by atoms with Crippen molar-refractivity contribution < 1.29 is 14.2 Å². The van der Waals surface area contributed by atoms with Gasteiger partial charge in [0, 0.05) is 13.2 Å². The molecule has 0 aromatic carbocycles. The smallest absolute Gasteiger partial charge is 0.149 e. The van der Waals surface area contributed by atoms with Gasteiger partial charge in [0.1, 0.15) is 13.6 Å². The molecule has 0 aromatic rings. The summed E-state index contributed by atoms with van der Waals surface area (Å²) in [4.78, 5) is 0. The third-order valence-corrected chi connectivity index (χ3v) is 6.90. The van der Waals surface area contributed by atoms with Crippen LogP contribution in [0.15, 0.2) is 24.3 Å². The first-order chi connectivity index (χ1) is 19.3. The zero-order valence-corrected chi connectivity index (χ0v) is 27.3. The molecule has 0 spiro atoms. The average Bonchev–Trinajstić information content (AvgIpc) is 2.95. The van der Waals surface area contributed by atoms with Gasteiger partial charge in [-0.3, -0.25) is 0 Å². The average molecular weight is 553 g/mol. The van der Waals surface area contributed by atoms with Gasteiger partial charge < -0.3 is 14.2 Å². The fourth-order valence-corrected chi connectivity index (χ4v) is 4.31. The largest absolute Gasteiger partial charge is 0.355 e. The predicted octanol–water partition coefficient (Wildman–Crippen LogP) is 12.5. The first-order valence-corrected chi connectivity index (χ1v) is 17.4. The van der Waals surface area contributed by atoms with Gasteiger partial charge in [0.15, 0.2) is 0 Å². The fourth-order valence-electron chi connectivity index (χ4n) is 4.31. The second-order valence-electron chi connectivity index (χ2n) is 11.0. The summed E-state index contributed by atoms with van der Waals surface area (Å²) >= 11 is 0. The van der Waals surface area contributed by atoms with Crippen LogP contribution in [0, 0.1) is 0 Å². The van der Waals surface area contributed by atoms with Crippen LogP contribution in [0.25, 0.3) is 0 Å². The molecule has 0 fully saturated rings. The van der Waals surface area contributed by atoms with E-state index in [9.17, 15) is 0 Å². The molecule has 0 radical (unpaired) electrons. The Morgan fingerprint density at radius 3 is 1.13 bits per heavy atom. The first kappa shape index (κ1) is 40.5. The second kappa shape index (κ2) is 41.8. The Labute approximate surface area is 246 Å². The van der Waals surface area contributed by atoms with Gasteiger partial charge in [-0.15, -0.1) is 0 Å². The lowest BCUT2D eigenvalue weighted by molar-refractivity contribution is -0.131. The van der Waals surface area contributed by atoms with Crippen molar-refractivity contribution in [2.75, 3.05) is 26.8 Å². The molecule has 3 heteroatoms. The molecule has 0 aliphatic rings. The summed E-state index contributed by atoms with van der Waals surface area (Å²) in [6.07, 6.45) is 41.1. The van der Waals surface area contributed by atoms with Gasteiger partial charge in [0.05, 0.1) is 0 Å². The Hall–Kier alpha value is -0.640. The second-order valence-corrected chi connectivity index (χ2v) is 11.0. The molecule has 0 saturated carbocycles. The van der Waals surface area contributed by atoms with Crippen molar-refractivity contribution in [1.82, 2.24) is 0 Å². The fraction of sp³-hybridized carbons (Fsp3) is 0.889. The molecule has 0 aliphatic carbocycles. The Morgan fingerprint density at radius 2 is 0.692 bits per heavy atom. The van der Waals surface area contributed by atoms with Crippen LogP contribution in [0.5, 0.6) is 0 Å². The van der Waals surface area contributed by atoms with Gasteiger partial charge in [-0.2, -0.15) is 0 Å². The Bertz CT molecular complexity index is 429. The Balaban J connectivity index is 0. The highest BCUT2D eigenvalue weighted by molar-refractivity contribution is 4.81. The van der Waals surface area contributed by atoms with E-state index in [1.807, 2.05) is 0 Å². The normalized spacial score (nSPS) is 11.5. The highest BCUT2D eigenvalue weighted by Crippen LogP contribution is 2.10. The number of allylic oxidation sites excluding steroid dienone is 4. The molecule has 3 nitrogen and oxygen atoms in total. The van der Waals surface area contributed by atoms with Gasteiger partial charge in [-0.25, -0.2) is 0 Å². The maximum Gasteiger partial charge on any atom is 0.149 e. The van der Waals surface area contributed by atoms with Gasteiger partial charge in [-0.1, -0.05) is 155 Å². The summed E-state index contributed by atoms with van der Waals surface area (Å²) in [5, 5.41) is 0. The standard InChI is InChI=1S/C18H38O3.C18H34/c1-3-5-7-9-11-13-15-19-17-21-18-20-16-14-12-10-8-6-4-2;1-3-5-7-9-11-13-15-17-18-16-14-12-10-8-6-4-2/h3-18H2,1-2H3;5,7,10,12H,3-4,6,8-9,11,13-18H2,1-2H3/b;7-5-,12-10-. The summed E-state index contributed by atoms with van der Waals surface area (Å²) in [7, 11) is 0. The topological polar surface area (TPSA) is 27.7 Å². The van der Waals surface area contributed by atoms with E-state index in [1.165, 1.54) is 141 Å². The van der Waals surface area contributed by atoms with Crippen LogP contribution in [0.1, 0.15) is 182 Å². The third-order valence-electron chi connectivity index (χ3n) is 6.90. The minimum absolute atomic E-state index is 0.367. The number of unbranched alkanes of at least 4 members (excludes halogenated alkanes) is 19. The van der Waals surface area contributed by atoms with Gasteiger partial charge >= 0.3 is 0 Å². The minimum atomic E-state index is 0.367. The molecule has 0 aromatic heterocycles. The molecular weight excluding hydrogens is 480 g/mol. The predicted molar refractivity (Wildman–Crippen MR) is 175 cm³/mol. The van der Waals surface area contributed by atoms with Crippen LogP contribution in [0.4, 0.5) is 0 Å². The molecule has 0 saturated heterocycles. The lowest BCUT2D eigenvalue weighted by Gasteiger charge is -2.07. The summed E-state index contributed by atoms with van der Waals surface area (Å²) in [6.45, 7) is 11.3. The number of rotatable bonds is 31. The SMILES string of the molecule is CC/C=C\CCCCCCCC/C=C\CCCC.CCCCCCCCOCOCOCCCCCCCC. The monoisotopic (exact) mass is 553 g/mol. The van der Waals surface area contributed by atoms with E-state index in [0.717, 1.165) is 26.1 Å². The molecule has 39 heavy (non-hydrogen) atoms. The molecule has 0 heterocycles. The number of hydrogen-bond donors (Lipinski definition) is 0. The van der Waals surface area contributed by atoms with Crippen LogP contribution in [-0.2, 0) is 14.2 Å². The molecule has 0 atom stereocenters. The molecule has 234 valence electrons. The van der Waals surface area contributed by atoms with Crippen molar-refractivity contribution in [3.05, 3.63) is 24.3 Å². The van der Waals surface area contributed by atoms with E-state index in [1.54, 1.807) is 0 Å². The van der Waals surface area contributed by atoms with Crippen molar-refractivity contribution in [1.29, 1.82) is 0 Å². The lowest BCUT2D eigenvalue weighted by atomic mass is 10.1. The van der Waals surface area contributed by atoms with Gasteiger partial charge in [-0.05, 0) is 51.4 Å². The van der Waals surface area contributed by atoms with Gasteiger partial charge in [0.2, 0.25) is 0 Å². The zero-order chi connectivity index (χ0) is 28.7. The molecular formula is C36H72O3. The van der Waals surface area contributed by atoms with E-state index in [-0.39, 0.29) is 0 Å². The lowest BCUT2D eigenvalue weighted by Crippen LogP contribution is -2.06. The highest BCUT2D eigenvalue weighted by atomic mass is 16.7. The maximum absolute atomic E-state index is 5.41. The summed E-state index contributed by atoms with van der Waals surface area (Å²) in [6, 6.07) is 0. The quantitative estimate of drug-likeness (QED) is 0.0486. The van der Waals surface area contributed by atoms with E-state index < -0.39 is 0 Å². The molecule has 0 rings (SSSR count). The van der Waals surface area contributed by atoms with Crippen molar-refractivity contribution in [3.63, 3.8) is 0 Å².